The van der Waals surface area contributed by atoms with Crippen LogP contribution in [-0.2, 0) is 9.63 Å². The van der Waals surface area contributed by atoms with E-state index in [1.807, 2.05) is 24.3 Å². The first kappa shape index (κ1) is 15.7. The van der Waals surface area contributed by atoms with Gasteiger partial charge in [-0.3, -0.25) is 4.79 Å². The second-order valence-corrected chi connectivity index (χ2v) is 6.21. The Labute approximate surface area is 141 Å². The van der Waals surface area contributed by atoms with Crippen molar-refractivity contribution in [3.63, 3.8) is 0 Å². The number of hydrogen-bond donors (Lipinski definition) is 1. The molecule has 1 N–H and O–H groups in total. The van der Waals surface area contributed by atoms with E-state index in [4.69, 9.17) is 4.84 Å². The molecule has 4 nitrogen and oxygen atoms in total. The van der Waals surface area contributed by atoms with Gasteiger partial charge in [-0.1, -0.05) is 33.2 Å². The predicted octanol–water partition coefficient (Wildman–Crippen LogP) is 4.03. The standard InChI is InChI=1S/C17H14BrFN2O2/c1-10-7-13(19)5-6-14(10)20-17(22)16-9-15(21-23-16)11-3-2-4-12(18)8-11/h2-8,16H,9H2,1H3,(H,20,22). The lowest BCUT2D eigenvalue weighted by molar-refractivity contribution is -0.125. The van der Waals surface area contributed by atoms with E-state index in [1.165, 1.54) is 18.2 Å². The maximum Gasteiger partial charge on any atom is 0.268 e. The number of oxime groups is 1. The minimum Gasteiger partial charge on any atom is -0.382 e. The fourth-order valence-electron chi connectivity index (χ4n) is 2.34. The van der Waals surface area contributed by atoms with Gasteiger partial charge in [0, 0.05) is 22.1 Å². The van der Waals surface area contributed by atoms with Crippen LogP contribution < -0.4 is 5.32 Å². The molecule has 0 aromatic heterocycles. The molecule has 23 heavy (non-hydrogen) atoms. The Bertz CT molecular complexity index is 792. The van der Waals surface area contributed by atoms with Crippen molar-refractivity contribution in [1.82, 2.24) is 0 Å². The number of nitrogens with zero attached hydrogens (tertiary/aromatic N) is 1. The first-order valence-corrected chi connectivity index (χ1v) is 7.88. The van der Waals surface area contributed by atoms with Crippen LogP contribution in [0.4, 0.5) is 10.1 Å². The van der Waals surface area contributed by atoms with Gasteiger partial charge in [-0.05, 0) is 42.8 Å². The number of aryl methyl sites for hydroxylation is 1. The first-order chi connectivity index (χ1) is 11.0. The molecule has 118 valence electrons. The molecule has 1 aliphatic rings. The lowest BCUT2D eigenvalue weighted by Gasteiger charge is -2.11. The van der Waals surface area contributed by atoms with E-state index in [0.717, 1.165) is 15.7 Å². The number of halogens is 2. The molecule has 1 unspecified atom stereocenters. The molecular weight excluding hydrogens is 363 g/mol. The van der Waals surface area contributed by atoms with Gasteiger partial charge in [0.05, 0.1) is 5.71 Å². The van der Waals surface area contributed by atoms with Gasteiger partial charge in [0.15, 0.2) is 0 Å². The van der Waals surface area contributed by atoms with Crippen LogP contribution in [0.5, 0.6) is 0 Å². The number of carbonyl (C=O) groups excluding carboxylic acids is 1. The highest BCUT2D eigenvalue weighted by Crippen LogP contribution is 2.22. The normalized spacial score (nSPS) is 16.7. The van der Waals surface area contributed by atoms with E-state index in [1.54, 1.807) is 6.92 Å². The summed E-state index contributed by atoms with van der Waals surface area (Å²) in [4.78, 5) is 17.5. The Kier molecular flexibility index (Phi) is 4.43. The topological polar surface area (TPSA) is 50.7 Å². The zero-order valence-corrected chi connectivity index (χ0v) is 13.9. The number of benzene rings is 2. The Hall–Kier alpha value is -2.21. The van der Waals surface area contributed by atoms with Gasteiger partial charge >= 0.3 is 0 Å². The molecule has 0 aliphatic carbocycles. The van der Waals surface area contributed by atoms with Gasteiger partial charge in [0.2, 0.25) is 6.10 Å². The summed E-state index contributed by atoms with van der Waals surface area (Å²) in [5, 5.41) is 6.75. The van der Waals surface area contributed by atoms with Crippen LogP contribution in [0.15, 0.2) is 52.1 Å². The lowest BCUT2D eigenvalue weighted by atomic mass is 10.0. The van der Waals surface area contributed by atoms with E-state index >= 15 is 0 Å². The summed E-state index contributed by atoms with van der Waals surface area (Å²) in [6, 6.07) is 11.9. The van der Waals surface area contributed by atoms with Gasteiger partial charge in [0.25, 0.3) is 5.91 Å². The largest absolute Gasteiger partial charge is 0.382 e. The molecule has 6 heteroatoms. The van der Waals surface area contributed by atoms with Crippen LogP contribution in [-0.4, -0.2) is 17.7 Å². The van der Waals surface area contributed by atoms with Crippen molar-refractivity contribution in [2.24, 2.45) is 5.16 Å². The molecule has 0 bridgehead atoms. The number of hydrogen-bond acceptors (Lipinski definition) is 3. The molecule has 2 aromatic rings. The highest BCUT2D eigenvalue weighted by atomic mass is 79.9. The fraction of sp³-hybridized carbons (Fsp3) is 0.176. The van der Waals surface area contributed by atoms with Gasteiger partial charge in [-0.25, -0.2) is 4.39 Å². The van der Waals surface area contributed by atoms with Crippen molar-refractivity contribution in [3.05, 3.63) is 63.9 Å². The summed E-state index contributed by atoms with van der Waals surface area (Å²) in [5.74, 6) is -0.633. The van der Waals surface area contributed by atoms with Crippen LogP contribution in [0.2, 0.25) is 0 Å². The minimum absolute atomic E-state index is 0.298. The molecule has 1 atom stereocenters. The Morgan fingerprint density at radius 3 is 2.91 bits per heavy atom. The number of rotatable bonds is 3. The molecule has 3 rings (SSSR count). The fourth-order valence-corrected chi connectivity index (χ4v) is 2.74. The van der Waals surface area contributed by atoms with E-state index in [9.17, 15) is 9.18 Å². The van der Waals surface area contributed by atoms with Crippen LogP contribution in [0.25, 0.3) is 0 Å². The maximum absolute atomic E-state index is 13.1. The summed E-state index contributed by atoms with van der Waals surface area (Å²) < 4.78 is 14.0. The summed E-state index contributed by atoms with van der Waals surface area (Å²) in [5.41, 5.74) is 2.86. The van der Waals surface area contributed by atoms with E-state index in [2.05, 4.69) is 26.4 Å². The third-order valence-corrected chi connectivity index (χ3v) is 4.06. The van der Waals surface area contributed by atoms with E-state index < -0.39 is 6.10 Å². The van der Waals surface area contributed by atoms with Crippen LogP contribution in [0.3, 0.4) is 0 Å². The second kappa shape index (κ2) is 6.50. The molecule has 0 radical (unpaired) electrons. The number of anilines is 1. The van der Waals surface area contributed by atoms with Gasteiger partial charge in [0.1, 0.15) is 5.82 Å². The molecule has 1 aliphatic heterocycles. The highest BCUT2D eigenvalue weighted by Gasteiger charge is 2.29. The van der Waals surface area contributed by atoms with Gasteiger partial charge in [-0.15, -0.1) is 0 Å². The van der Waals surface area contributed by atoms with Crippen molar-refractivity contribution < 1.29 is 14.0 Å². The summed E-state index contributed by atoms with van der Waals surface area (Å²) >= 11 is 3.41. The monoisotopic (exact) mass is 376 g/mol. The number of nitrogens with one attached hydrogen (secondary N) is 1. The molecular formula is C17H14BrFN2O2. The number of carbonyl (C=O) groups is 1. The Balaban J connectivity index is 1.67. The molecule has 0 saturated carbocycles. The summed E-state index contributed by atoms with van der Waals surface area (Å²) in [6.45, 7) is 1.73. The van der Waals surface area contributed by atoms with Gasteiger partial charge in [-0.2, -0.15) is 0 Å². The van der Waals surface area contributed by atoms with Crippen LogP contribution in [0, 0.1) is 12.7 Å². The molecule has 0 spiro atoms. The SMILES string of the molecule is Cc1cc(F)ccc1NC(=O)C1CC(c2cccc(Br)c2)=NO1. The van der Waals surface area contributed by atoms with Crippen LogP contribution in [0.1, 0.15) is 17.5 Å². The third-order valence-electron chi connectivity index (χ3n) is 3.57. The molecule has 0 fully saturated rings. The summed E-state index contributed by atoms with van der Waals surface area (Å²) in [7, 11) is 0. The second-order valence-electron chi connectivity index (χ2n) is 5.29. The van der Waals surface area contributed by atoms with Crippen LogP contribution >= 0.6 is 15.9 Å². The molecule has 2 aromatic carbocycles. The number of amides is 1. The molecule has 1 heterocycles. The lowest BCUT2D eigenvalue weighted by Crippen LogP contribution is -2.28. The maximum atomic E-state index is 13.1. The van der Waals surface area contributed by atoms with Crippen molar-refractivity contribution in [2.75, 3.05) is 5.32 Å². The smallest absolute Gasteiger partial charge is 0.268 e. The predicted molar refractivity (Wildman–Crippen MR) is 89.9 cm³/mol. The summed E-state index contributed by atoms with van der Waals surface area (Å²) in [6.07, 6.45) is -0.295. The first-order valence-electron chi connectivity index (χ1n) is 7.08. The molecule has 0 saturated heterocycles. The van der Waals surface area contributed by atoms with Crippen molar-refractivity contribution in [2.45, 2.75) is 19.4 Å². The average molecular weight is 377 g/mol. The van der Waals surface area contributed by atoms with Gasteiger partial charge < -0.3 is 10.2 Å². The van der Waals surface area contributed by atoms with Crippen molar-refractivity contribution in [3.8, 4) is 0 Å². The Morgan fingerprint density at radius 1 is 1.35 bits per heavy atom. The van der Waals surface area contributed by atoms with Crippen molar-refractivity contribution in [1.29, 1.82) is 0 Å². The average Bonchev–Trinajstić information content (AvgIpc) is 3.00. The Morgan fingerprint density at radius 2 is 2.17 bits per heavy atom. The third kappa shape index (κ3) is 3.59. The zero-order valence-electron chi connectivity index (χ0n) is 12.3. The van der Waals surface area contributed by atoms with E-state index in [-0.39, 0.29) is 11.7 Å². The quantitative estimate of drug-likeness (QED) is 0.878. The zero-order chi connectivity index (χ0) is 16.4. The van der Waals surface area contributed by atoms with E-state index in [0.29, 0.717) is 17.7 Å². The molecule has 1 amide bonds. The highest BCUT2D eigenvalue weighted by molar-refractivity contribution is 9.10. The van der Waals surface area contributed by atoms with Crippen molar-refractivity contribution >= 4 is 33.2 Å². The minimum atomic E-state index is -0.687.